The van der Waals surface area contributed by atoms with Crippen molar-refractivity contribution in [2.75, 3.05) is 0 Å². The van der Waals surface area contributed by atoms with Gasteiger partial charge >= 0.3 is 12.4 Å². The minimum absolute atomic E-state index is 0.0809. The van der Waals surface area contributed by atoms with Gasteiger partial charge < -0.3 is 9.15 Å². The highest BCUT2D eigenvalue weighted by Crippen LogP contribution is 2.24. The number of hydrogen-bond acceptors (Lipinski definition) is 6. The molecule has 2 aromatic heterocycles. The zero-order valence-electron chi connectivity index (χ0n) is 12.4. The summed E-state index contributed by atoms with van der Waals surface area (Å²) in [5, 5.41) is 7.40. The summed E-state index contributed by atoms with van der Waals surface area (Å²) in [6.45, 7) is 1.84. The van der Waals surface area contributed by atoms with Gasteiger partial charge in [0, 0.05) is 17.4 Å². The molecule has 1 unspecified atom stereocenters. The molecule has 1 atom stereocenters. The van der Waals surface area contributed by atoms with Crippen LogP contribution in [0.5, 0.6) is 6.01 Å². The Morgan fingerprint density at radius 2 is 1.75 bits per heavy atom. The topological polar surface area (TPSA) is 73.9 Å². The molecular formula is C15H11ClF2N4O2. The summed E-state index contributed by atoms with van der Waals surface area (Å²) in [7, 11) is 0. The molecule has 0 aliphatic heterocycles. The van der Waals surface area contributed by atoms with Gasteiger partial charge in [-0.25, -0.2) is 9.97 Å². The zero-order chi connectivity index (χ0) is 17.1. The van der Waals surface area contributed by atoms with E-state index in [2.05, 4.69) is 20.2 Å². The minimum atomic E-state index is -2.82. The predicted molar refractivity (Wildman–Crippen MR) is 80.8 cm³/mol. The van der Waals surface area contributed by atoms with E-state index in [0.29, 0.717) is 10.6 Å². The van der Waals surface area contributed by atoms with Crippen LogP contribution in [0, 0.1) is 0 Å². The summed E-state index contributed by atoms with van der Waals surface area (Å²) >= 11 is 5.84. The minimum Gasteiger partial charge on any atom is -0.456 e. The first-order valence-electron chi connectivity index (χ1n) is 6.89. The normalized spacial score (nSPS) is 12.4. The maximum atomic E-state index is 12.4. The van der Waals surface area contributed by atoms with Gasteiger partial charge in [0.25, 0.3) is 11.8 Å². The number of rotatable bonds is 5. The molecule has 0 saturated carbocycles. The van der Waals surface area contributed by atoms with E-state index >= 15 is 0 Å². The maximum absolute atomic E-state index is 12.4. The van der Waals surface area contributed by atoms with E-state index in [9.17, 15) is 8.78 Å². The first kappa shape index (κ1) is 16.3. The van der Waals surface area contributed by atoms with E-state index in [1.165, 1.54) is 12.4 Å². The third-order valence-corrected chi connectivity index (χ3v) is 3.38. The fourth-order valence-corrected chi connectivity index (χ4v) is 2.01. The van der Waals surface area contributed by atoms with E-state index in [0.717, 1.165) is 5.56 Å². The van der Waals surface area contributed by atoms with Crippen molar-refractivity contribution in [3.63, 3.8) is 0 Å². The van der Waals surface area contributed by atoms with Crippen molar-refractivity contribution in [1.82, 2.24) is 20.2 Å². The first-order chi connectivity index (χ1) is 11.5. The van der Waals surface area contributed by atoms with Crippen LogP contribution in [0.4, 0.5) is 8.78 Å². The lowest BCUT2D eigenvalue weighted by Crippen LogP contribution is -2.05. The van der Waals surface area contributed by atoms with E-state index < -0.39 is 12.3 Å². The third-order valence-electron chi connectivity index (χ3n) is 3.12. The molecular weight excluding hydrogens is 342 g/mol. The lowest BCUT2D eigenvalue weighted by molar-refractivity contribution is 0.116. The monoisotopic (exact) mass is 352 g/mol. The van der Waals surface area contributed by atoms with Gasteiger partial charge in [0.1, 0.15) is 6.10 Å². The van der Waals surface area contributed by atoms with Gasteiger partial charge in [-0.05, 0) is 24.6 Å². The fourth-order valence-electron chi connectivity index (χ4n) is 1.89. The summed E-state index contributed by atoms with van der Waals surface area (Å²) in [5.74, 6) is -0.829. The number of benzene rings is 1. The van der Waals surface area contributed by atoms with Gasteiger partial charge in [0.2, 0.25) is 0 Å². The van der Waals surface area contributed by atoms with Crippen molar-refractivity contribution in [2.24, 2.45) is 0 Å². The Kier molecular flexibility index (Phi) is 4.66. The molecule has 0 aliphatic rings. The molecule has 0 aliphatic carbocycles. The summed E-state index contributed by atoms with van der Waals surface area (Å²) in [6.07, 6.45) is -0.392. The van der Waals surface area contributed by atoms with Crippen molar-refractivity contribution in [3.05, 3.63) is 53.1 Å². The van der Waals surface area contributed by atoms with Crippen LogP contribution < -0.4 is 4.74 Å². The largest absolute Gasteiger partial charge is 0.456 e. The van der Waals surface area contributed by atoms with Gasteiger partial charge in [-0.1, -0.05) is 23.7 Å². The highest BCUT2D eigenvalue weighted by Gasteiger charge is 2.17. The number of aromatic nitrogens is 4. The van der Waals surface area contributed by atoms with E-state index in [1.807, 2.05) is 19.1 Å². The molecule has 0 bridgehead atoms. The van der Waals surface area contributed by atoms with Gasteiger partial charge in [0.15, 0.2) is 0 Å². The van der Waals surface area contributed by atoms with Crippen LogP contribution in [0.2, 0.25) is 5.02 Å². The molecule has 0 spiro atoms. The average Bonchev–Trinajstić information content (AvgIpc) is 3.06. The standard InChI is InChI=1S/C15H11ClF2N4O2/c1-8(9-2-4-11(16)5-3-9)23-15-19-6-10(7-20-15)13-21-22-14(24-13)12(17)18/h2-8,12H,1H3. The Labute approximate surface area is 140 Å². The van der Waals surface area contributed by atoms with Crippen LogP contribution in [0.3, 0.4) is 0 Å². The second kappa shape index (κ2) is 6.88. The molecule has 9 heteroatoms. The smallest absolute Gasteiger partial charge is 0.316 e. The van der Waals surface area contributed by atoms with Crippen LogP contribution in [-0.2, 0) is 0 Å². The number of nitrogens with zero attached hydrogens (tertiary/aromatic N) is 4. The number of ether oxygens (including phenoxy) is 1. The summed E-state index contributed by atoms with van der Waals surface area (Å²) in [5.41, 5.74) is 1.23. The van der Waals surface area contributed by atoms with Gasteiger partial charge in [-0.15, -0.1) is 10.2 Å². The number of hydrogen-bond donors (Lipinski definition) is 0. The Balaban J connectivity index is 1.70. The van der Waals surface area contributed by atoms with Crippen LogP contribution in [0.25, 0.3) is 11.5 Å². The molecule has 2 heterocycles. The first-order valence-corrected chi connectivity index (χ1v) is 7.27. The Morgan fingerprint density at radius 1 is 1.08 bits per heavy atom. The summed E-state index contributed by atoms with van der Waals surface area (Å²) in [4.78, 5) is 8.04. The van der Waals surface area contributed by atoms with Crippen molar-refractivity contribution >= 4 is 11.6 Å². The lowest BCUT2D eigenvalue weighted by atomic mass is 10.1. The summed E-state index contributed by atoms with van der Waals surface area (Å²) in [6, 6.07) is 7.33. The van der Waals surface area contributed by atoms with E-state index in [-0.39, 0.29) is 18.0 Å². The van der Waals surface area contributed by atoms with Gasteiger partial charge in [-0.2, -0.15) is 8.78 Å². The van der Waals surface area contributed by atoms with Crippen LogP contribution >= 0.6 is 11.6 Å². The Hall–Kier alpha value is -2.61. The third kappa shape index (κ3) is 3.65. The molecule has 3 aromatic rings. The van der Waals surface area contributed by atoms with Crippen molar-refractivity contribution < 1.29 is 17.9 Å². The molecule has 1 aromatic carbocycles. The highest BCUT2D eigenvalue weighted by molar-refractivity contribution is 6.30. The highest BCUT2D eigenvalue weighted by atomic mass is 35.5. The zero-order valence-corrected chi connectivity index (χ0v) is 13.1. The Bertz CT molecular complexity index is 809. The van der Waals surface area contributed by atoms with Crippen LogP contribution in [0.1, 0.15) is 30.9 Å². The molecule has 3 rings (SSSR count). The predicted octanol–water partition coefficient (Wildman–Crippen LogP) is 4.26. The molecule has 6 nitrogen and oxygen atoms in total. The van der Waals surface area contributed by atoms with E-state index in [1.54, 1.807) is 12.1 Å². The summed E-state index contributed by atoms with van der Waals surface area (Å²) < 4.78 is 35.3. The molecule has 0 N–H and O–H groups in total. The molecule has 24 heavy (non-hydrogen) atoms. The molecule has 0 fully saturated rings. The molecule has 0 saturated heterocycles. The van der Waals surface area contributed by atoms with Crippen LogP contribution in [0.15, 0.2) is 41.1 Å². The fraction of sp³-hybridized carbons (Fsp3) is 0.200. The van der Waals surface area contributed by atoms with Gasteiger partial charge in [-0.3, -0.25) is 0 Å². The molecule has 0 amide bonds. The number of halogens is 3. The van der Waals surface area contributed by atoms with Gasteiger partial charge in [0.05, 0.1) is 5.56 Å². The second-order valence-corrected chi connectivity index (χ2v) is 5.25. The maximum Gasteiger partial charge on any atom is 0.316 e. The van der Waals surface area contributed by atoms with Crippen molar-refractivity contribution in [3.8, 4) is 17.5 Å². The Morgan fingerprint density at radius 3 is 2.33 bits per heavy atom. The van der Waals surface area contributed by atoms with Crippen molar-refractivity contribution in [2.45, 2.75) is 19.5 Å². The van der Waals surface area contributed by atoms with Crippen molar-refractivity contribution in [1.29, 1.82) is 0 Å². The average molecular weight is 353 g/mol. The molecule has 124 valence electrons. The number of alkyl halides is 2. The second-order valence-electron chi connectivity index (χ2n) is 4.81. The van der Waals surface area contributed by atoms with Crippen LogP contribution in [-0.4, -0.2) is 20.2 Å². The van der Waals surface area contributed by atoms with E-state index in [4.69, 9.17) is 20.8 Å². The SMILES string of the molecule is CC(Oc1ncc(-c2nnc(C(F)F)o2)cn1)c1ccc(Cl)cc1. The quantitative estimate of drug-likeness (QED) is 0.683. The lowest BCUT2D eigenvalue weighted by Gasteiger charge is -2.13. The molecule has 0 radical (unpaired) electrons.